The number of para-hydroxylation sites is 1. The Hall–Kier alpha value is -4.05. The summed E-state index contributed by atoms with van der Waals surface area (Å²) < 4.78 is 5.24. The highest BCUT2D eigenvalue weighted by Gasteiger charge is 2.23. The number of carbonyl (C=O) groups is 1. The van der Waals surface area contributed by atoms with Crippen molar-refractivity contribution in [3.05, 3.63) is 107 Å². The van der Waals surface area contributed by atoms with Crippen LogP contribution in [-0.2, 0) is 11.2 Å². The molecule has 3 aromatic carbocycles. The highest BCUT2D eigenvalue weighted by molar-refractivity contribution is 6.26. The number of hydrogen-bond acceptors (Lipinski definition) is 2. The van der Waals surface area contributed by atoms with Crippen LogP contribution in [0.5, 0.6) is 5.75 Å². The molecule has 4 heteroatoms. The number of allylic oxidation sites excluding steroid dienone is 2. The fourth-order valence-corrected chi connectivity index (χ4v) is 4.21. The third-order valence-corrected chi connectivity index (χ3v) is 5.87. The number of methoxy groups -OCH3 is 1. The lowest BCUT2D eigenvalue weighted by Gasteiger charge is -2.07. The average Bonchev–Trinajstić information content (AvgIpc) is 3.41. The van der Waals surface area contributed by atoms with Crippen molar-refractivity contribution >= 4 is 34.0 Å². The number of hydrogen-bond donors (Lipinski definition) is 2. The molecule has 0 saturated heterocycles. The number of rotatable bonds is 6. The van der Waals surface area contributed by atoms with Crippen LogP contribution in [0.15, 0.2) is 85.1 Å². The largest absolute Gasteiger partial charge is 0.497 e. The van der Waals surface area contributed by atoms with E-state index in [0.717, 1.165) is 40.0 Å². The van der Waals surface area contributed by atoms with Crippen LogP contribution in [0.2, 0.25) is 0 Å². The summed E-state index contributed by atoms with van der Waals surface area (Å²) >= 11 is 0. The van der Waals surface area contributed by atoms with Gasteiger partial charge in [0, 0.05) is 29.2 Å². The van der Waals surface area contributed by atoms with Crippen LogP contribution in [0.1, 0.15) is 22.3 Å². The number of H-pyrrole nitrogens is 1. The first-order chi connectivity index (χ1) is 15.7. The Balaban J connectivity index is 1.34. The number of nitrogens with one attached hydrogen (secondary N) is 2. The van der Waals surface area contributed by atoms with E-state index in [0.29, 0.717) is 12.1 Å². The molecule has 4 nitrogen and oxygen atoms in total. The van der Waals surface area contributed by atoms with Crippen molar-refractivity contribution in [3.8, 4) is 5.75 Å². The van der Waals surface area contributed by atoms with E-state index in [1.54, 1.807) is 7.11 Å². The minimum absolute atomic E-state index is 0.0459. The van der Waals surface area contributed by atoms with E-state index in [4.69, 9.17) is 4.74 Å². The van der Waals surface area contributed by atoms with E-state index in [1.807, 2.05) is 66.9 Å². The Kier molecular flexibility index (Phi) is 5.34. The molecule has 1 amide bonds. The number of aromatic nitrogens is 1. The summed E-state index contributed by atoms with van der Waals surface area (Å²) in [5.74, 6) is 0.778. The van der Waals surface area contributed by atoms with Crippen LogP contribution < -0.4 is 10.1 Å². The van der Waals surface area contributed by atoms with Gasteiger partial charge in [-0.25, -0.2) is 0 Å². The molecule has 0 atom stereocenters. The molecule has 1 aliphatic carbocycles. The number of benzene rings is 3. The SMILES string of the molecule is COc1ccc(/C=C2\C=C(C(=O)NCCc3c[nH]c4ccccc34)c3ccccc32)cc1. The first-order valence-electron chi connectivity index (χ1n) is 10.7. The van der Waals surface area contributed by atoms with Crippen molar-refractivity contribution in [2.75, 3.05) is 13.7 Å². The highest BCUT2D eigenvalue weighted by Crippen LogP contribution is 2.36. The van der Waals surface area contributed by atoms with Gasteiger partial charge in [0.05, 0.1) is 7.11 Å². The molecule has 0 spiro atoms. The van der Waals surface area contributed by atoms with E-state index in [-0.39, 0.29) is 5.91 Å². The third-order valence-electron chi connectivity index (χ3n) is 5.87. The van der Waals surface area contributed by atoms with Gasteiger partial charge in [0.2, 0.25) is 0 Å². The Labute approximate surface area is 187 Å². The first-order valence-corrected chi connectivity index (χ1v) is 10.7. The van der Waals surface area contributed by atoms with E-state index in [2.05, 4.69) is 34.6 Å². The second-order valence-corrected chi connectivity index (χ2v) is 7.84. The lowest BCUT2D eigenvalue weighted by atomic mass is 10.0. The van der Waals surface area contributed by atoms with Gasteiger partial charge in [-0.2, -0.15) is 0 Å². The maximum atomic E-state index is 13.1. The molecule has 1 aliphatic rings. The molecule has 0 aliphatic heterocycles. The minimum Gasteiger partial charge on any atom is -0.497 e. The Morgan fingerprint density at radius 1 is 0.969 bits per heavy atom. The normalized spacial score (nSPS) is 13.8. The van der Waals surface area contributed by atoms with Gasteiger partial charge in [0.25, 0.3) is 5.91 Å². The fraction of sp³-hybridized carbons (Fsp3) is 0.107. The van der Waals surface area contributed by atoms with E-state index in [9.17, 15) is 4.79 Å². The van der Waals surface area contributed by atoms with Crippen LogP contribution in [-0.4, -0.2) is 24.5 Å². The maximum Gasteiger partial charge on any atom is 0.251 e. The molecule has 0 unspecified atom stereocenters. The molecule has 0 fully saturated rings. The van der Waals surface area contributed by atoms with Crippen molar-refractivity contribution in [3.63, 3.8) is 0 Å². The Morgan fingerprint density at radius 3 is 2.53 bits per heavy atom. The molecule has 158 valence electrons. The number of amides is 1. The molecule has 1 aromatic heterocycles. The summed E-state index contributed by atoms with van der Waals surface area (Å²) in [6, 6.07) is 24.2. The molecular weight excluding hydrogens is 396 g/mol. The van der Waals surface area contributed by atoms with Gasteiger partial charge in [-0.1, -0.05) is 54.6 Å². The quantitative estimate of drug-likeness (QED) is 0.434. The van der Waals surface area contributed by atoms with Crippen LogP contribution >= 0.6 is 0 Å². The van der Waals surface area contributed by atoms with E-state index < -0.39 is 0 Å². The zero-order valence-corrected chi connectivity index (χ0v) is 17.9. The van der Waals surface area contributed by atoms with Gasteiger partial charge in [-0.15, -0.1) is 0 Å². The van der Waals surface area contributed by atoms with E-state index >= 15 is 0 Å². The molecule has 2 N–H and O–H groups in total. The van der Waals surface area contributed by atoms with Crippen molar-refractivity contribution in [2.24, 2.45) is 0 Å². The number of aromatic amines is 1. The van der Waals surface area contributed by atoms with Gasteiger partial charge in [-0.3, -0.25) is 4.79 Å². The summed E-state index contributed by atoms with van der Waals surface area (Å²) in [7, 11) is 1.66. The standard InChI is InChI=1S/C28H24N2O2/c1-32-22-12-10-19(11-13-22)16-21-17-26(25-8-3-2-6-23(21)25)28(31)29-15-14-20-18-30-27-9-5-4-7-24(20)27/h2-13,16-18,30H,14-15H2,1H3,(H,29,31)/b21-16+. The molecule has 1 heterocycles. The zero-order valence-electron chi connectivity index (χ0n) is 17.9. The van der Waals surface area contributed by atoms with Gasteiger partial charge in [0.1, 0.15) is 5.75 Å². The predicted molar refractivity (Wildman–Crippen MR) is 130 cm³/mol. The third kappa shape index (κ3) is 3.83. The van der Waals surface area contributed by atoms with Gasteiger partial charge < -0.3 is 15.0 Å². The molecular formula is C28H24N2O2. The maximum absolute atomic E-state index is 13.1. The summed E-state index contributed by atoms with van der Waals surface area (Å²) in [6.45, 7) is 0.581. The molecule has 5 rings (SSSR count). The molecule has 0 radical (unpaired) electrons. The van der Waals surface area contributed by atoms with Crippen molar-refractivity contribution < 1.29 is 9.53 Å². The monoisotopic (exact) mass is 420 g/mol. The lowest BCUT2D eigenvalue weighted by molar-refractivity contribution is -0.115. The number of ether oxygens (including phenoxy) is 1. The lowest BCUT2D eigenvalue weighted by Crippen LogP contribution is -2.26. The van der Waals surface area contributed by atoms with Crippen molar-refractivity contribution in [2.45, 2.75) is 6.42 Å². The van der Waals surface area contributed by atoms with Crippen LogP contribution in [0.3, 0.4) is 0 Å². The second-order valence-electron chi connectivity index (χ2n) is 7.84. The smallest absolute Gasteiger partial charge is 0.251 e. The van der Waals surface area contributed by atoms with Gasteiger partial charge in [-0.05, 0) is 64.6 Å². The van der Waals surface area contributed by atoms with Crippen molar-refractivity contribution in [1.29, 1.82) is 0 Å². The average molecular weight is 421 g/mol. The molecule has 0 saturated carbocycles. The number of fused-ring (bicyclic) bond motifs is 2. The molecule has 0 bridgehead atoms. The second kappa shape index (κ2) is 8.60. The summed E-state index contributed by atoms with van der Waals surface area (Å²) in [6.07, 6.45) is 6.89. The summed E-state index contributed by atoms with van der Waals surface area (Å²) in [4.78, 5) is 16.3. The van der Waals surface area contributed by atoms with Crippen molar-refractivity contribution in [1.82, 2.24) is 10.3 Å². The van der Waals surface area contributed by atoms with Crippen LogP contribution in [0.25, 0.3) is 28.1 Å². The molecule has 32 heavy (non-hydrogen) atoms. The Morgan fingerprint density at radius 2 is 1.72 bits per heavy atom. The number of carbonyl (C=O) groups excluding carboxylic acids is 1. The minimum atomic E-state index is -0.0459. The summed E-state index contributed by atoms with van der Waals surface area (Å²) in [5.41, 5.74) is 7.18. The zero-order chi connectivity index (χ0) is 21.9. The highest BCUT2D eigenvalue weighted by atomic mass is 16.5. The van der Waals surface area contributed by atoms with Gasteiger partial charge in [0.15, 0.2) is 0 Å². The predicted octanol–water partition coefficient (Wildman–Crippen LogP) is 5.47. The molecule has 4 aromatic rings. The van der Waals surface area contributed by atoms with E-state index in [1.165, 1.54) is 10.9 Å². The fourth-order valence-electron chi connectivity index (χ4n) is 4.21. The summed E-state index contributed by atoms with van der Waals surface area (Å²) in [5, 5.41) is 4.31. The van der Waals surface area contributed by atoms with Crippen LogP contribution in [0, 0.1) is 0 Å². The van der Waals surface area contributed by atoms with Crippen LogP contribution in [0.4, 0.5) is 0 Å². The van der Waals surface area contributed by atoms with Gasteiger partial charge >= 0.3 is 0 Å². The topological polar surface area (TPSA) is 54.1 Å². The Bertz CT molecular complexity index is 1340. The first kappa shape index (κ1) is 19.9.